The van der Waals surface area contributed by atoms with Crippen molar-refractivity contribution in [1.29, 1.82) is 5.26 Å². The van der Waals surface area contributed by atoms with Gasteiger partial charge in [0, 0.05) is 23.5 Å². The molecule has 236 valence electrons. The molecule has 17 heteroatoms. The van der Waals surface area contributed by atoms with Crippen molar-refractivity contribution >= 4 is 17.5 Å². The normalized spacial score (nSPS) is 12.2. The molecular weight excluding hydrogens is 610 g/mol. The van der Waals surface area contributed by atoms with Gasteiger partial charge in [0.2, 0.25) is 5.95 Å². The van der Waals surface area contributed by atoms with Crippen molar-refractivity contribution in [2.24, 2.45) is 0 Å². The Bertz CT molecular complexity index is 1640. The van der Waals surface area contributed by atoms with Gasteiger partial charge in [-0.1, -0.05) is 6.07 Å². The first kappa shape index (κ1) is 32.5. The second-order valence-corrected chi connectivity index (χ2v) is 9.60. The summed E-state index contributed by atoms with van der Waals surface area (Å²) in [7, 11) is 1.21. The molecule has 0 aliphatic heterocycles. The van der Waals surface area contributed by atoms with Crippen LogP contribution in [0.5, 0.6) is 11.5 Å². The molecule has 0 bridgehead atoms. The summed E-state index contributed by atoms with van der Waals surface area (Å²) in [6.07, 6.45) is -4.52. The first-order chi connectivity index (χ1) is 21.2. The SMILES string of the molecule is COc1cc(C(=O)N(CC(F)(F)F)CC(F)(F)F)ccc1Nc1ncc(-c2ccc(C#N)c(O[C@@H](C)Cn3cncn3)c2)cn1. The Kier molecular flexibility index (Phi) is 9.75. The van der Waals surface area contributed by atoms with E-state index in [2.05, 4.69) is 31.4 Å². The molecule has 0 unspecified atom stereocenters. The molecule has 0 fully saturated rings. The van der Waals surface area contributed by atoms with Crippen LogP contribution in [0.4, 0.5) is 38.0 Å². The molecule has 1 amide bonds. The van der Waals surface area contributed by atoms with Crippen molar-refractivity contribution in [3.8, 4) is 28.7 Å². The fourth-order valence-corrected chi connectivity index (χ4v) is 4.14. The van der Waals surface area contributed by atoms with Crippen molar-refractivity contribution < 1.29 is 40.6 Å². The van der Waals surface area contributed by atoms with Crippen LogP contribution in [-0.2, 0) is 6.54 Å². The van der Waals surface area contributed by atoms with E-state index < -0.39 is 36.9 Å². The Morgan fingerprint density at radius 2 is 1.71 bits per heavy atom. The zero-order chi connectivity index (χ0) is 32.8. The summed E-state index contributed by atoms with van der Waals surface area (Å²) in [6, 6.07) is 10.4. The van der Waals surface area contributed by atoms with E-state index in [0.717, 1.165) is 12.1 Å². The molecule has 2 heterocycles. The van der Waals surface area contributed by atoms with Crippen LogP contribution in [0.2, 0.25) is 0 Å². The number of amides is 1. The highest BCUT2D eigenvalue weighted by molar-refractivity contribution is 5.95. The average molecular weight is 635 g/mol. The molecule has 0 aliphatic carbocycles. The summed E-state index contributed by atoms with van der Waals surface area (Å²) in [6.45, 7) is -1.95. The molecule has 0 radical (unpaired) electrons. The number of hydrogen-bond acceptors (Lipinski definition) is 9. The fraction of sp³-hybridized carbons (Fsp3) is 0.286. The zero-order valence-corrected chi connectivity index (χ0v) is 23.6. The second-order valence-electron chi connectivity index (χ2n) is 9.60. The standard InChI is InChI=1S/C28H24F6N8O3/c1-17(12-42-16-36-15-39-42)45-23-7-18(3-4-20(23)9-35)21-10-37-26(38-11-21)40-22-6-5-19(8-24(22)44-2)25(43)41(13-27(29,30)31)14-28(32,33)34/h3-8,10-11,15-17H,12-14H2,1-2H3,(H,37,38,40)/t17-/m0/s1. The van der Waals surface area contributed by atoms with Crippen molar-refractivity contribution in [2.75, 3.05) is 25.5 Å². The number of alkyl halides is 6. The van der Waals surface area contributed by atoms with Crippen molar-refractivity contribution in [3.63, 3.8) is 0 Å². The van der Waals surface area contributed by atoms with Gasteiger partial charge in [0.05, 0.1) is 24.9 Å². The van der Waals surface area contributed by atoms with E-state index in [1.54, 1.807) is 29.2 Å². The Balaban J connectivity index is 1.50. The molecule has 4 rings (SSSR count). The van der Waals surface area contributed by atoms with Gasteiger partial charge in [0.25, 0.3) is 5.91 Å². The molecule has 4 aromatic rings. The summed E-state index contributed by atoms with van der Waals surface area (Å²) in [5, 5.41) is 16.4. The Hall–Kier alpha value is -5.40. The van der Waals surface area contributed by atoms with Crippen LogP contribution < -0.4 is 14.8 Å². The summed E-state index contributed by atoms with van der Waals surface area (Å²) < 4.78 is 90.0. The molecule has 45 heavy (non-hydrogen) atoms. The molecular formula is C28H24F6N8O3. The summed E-state index contributed by atoms with van der Waals surface area (Å²) >= 11 is 0. The van der Waals surface area contributed by atoms with Crippen molar-refractivity contribution in [3.05, 3.63) is 72.6 Å². The van der Waals surface area contributed by atoms with E-state index in [1.807, 2.05) is 6.92 Å². The van der Waals surface area contributed by atoms with Crippen LogP contribution in [0, 0.1) is 11.3 Å². The van der Waals surface area contributed by atoms with Crippen LogP contribution in [0.15, 0.2) is 61.4 Å². The minimum absolute atomic E-state index is 0.0543. The number of benzene rings is 2. The number of ether oxygens (including phenoxy) is 2. The summed E-state index contributed by atoms with van der Waals surface area (Å²) in [4.78, 5) is 24.6. The monoisotopic (exact) mass is 634 g/mol. The van der Waals surface area contributed by atoms with Gasteiger partial charge in [-0.15, -0.1) is 0 Å². The number of nitrogens with zero attached hydrogens (tertiary/aromatic N) is 7. The lowest BCUT2D eigenvalue weighted by Crippen LogP contribution is -2.44. The number of anilines is 2. The van der Waals surface area contributed by atoms with Crippen LogP contribution in [0.3, 0.4) is 0 Å². The second kappa shape index (κ2) is 13.5. The van der Waals surface area contributed by atoms with E-state index in [-0.39, 0.29) is 28.4 Å². The van der Waals surface area contributed by atoms with Gasteiger partial charge in [-0.2, -0.15) is 36.7 Å². The molecule has 2 aromatic heterocycles. The quantitative estimate of drug-likeness (QED) is 0.216. The van der Waals surface area contributed by atoms with Crippen LogP contribution >= 0.6 is 0 Å². The number of carbonyl (C=O) groups excluding carboxylic acids is 1. The topological polar surface area (TPSA) is 131 Å². The lowest BCUT2D eigenvalue weighted by molar-refractivity contribution is -0.171. The number of hydrogen-bond donors (Lipinski definition) is 1. The maximum atomic E-state index is 12.9. The van der Waals surface area contributed by atoms with Crippen LogP contribution in [-0.4, -0.2) is 74.2 Å². The maximum absolute atomic E-state index is 12.9. The van der Waals surface area contributed by atoms with Crippen molar-refractivity contribution in [2.45, 2.75) is 31.9 Å². The third-order valence-corrected chi connectivity index (χ3v) is 6.05. The third-order valence-electron chi connectivity index (χ3n) is 6.05. The largest absolute Gasteiger partial charge is 0.495 e. The lowest BCUT2D eigenvalue weighted by Gasteiger charge is -2.25. The molecule has 1 atom stereocenters. The fourth-order valence-electron chi connectivity index (χ4n) is 4.14. The van der Waals surface area contributed by atoms with Crippen LogP contribution in [0.1, 0.15) is 22.8 Å². The first-order valence-electron chi connectivity index (χ1n) is 13.0. The number of rotatable bonds is 11. The highest BCUT2D eigenvalue weighted by Crippen LogP contribution is 2.31. The van der Waals surface area contributed by atoms with Gasteiger partial charge >= 0.3 is 12.4 Å². The Morgan fingerprint density at radius 3 is 2.29 bits per heavy atom. The number of halogens is 6. The third kappa shape index (κ3) is 9.05. The molecule has 0 aliphatic rings. The molecule has 0 saturated carbocycles. The van der Waals surface area contributed by atoms with E-state index in [0.29, 0.717) is 29.0 Å². The van der Waals surface area contributed by atoms with E-state index in [1.165, 1.54) is 31.9 Å². The Morgan fingerprint density at radius 1 is 1.02 bits per heavy atom. The molecule has 2 aromatic carbocycles. The predicted molar refractivity (Wildman–Crippen MR) is 147 cm³/mol. The van der Waals surface area contributed by atoms with Crippen molar-refractivity contribution in [1.82, 2.24) is 29.6 Å². The number of nitrogens with one attached hydrogen (secondary N) is 1. The number of methoxy groups -OCH3 is 1. The zero-order valence-electron chi connectivity index (χ0n) is 23.6. The summed E-state index contributed by atoms with van der Waals surface area (Å²) in [5.41, 5.74) is 1.27. The average Bonchev–Trinajstić information content (AvgIpc) is 3.48. The maximum Gasteiger partial charge on any atom is 0.406 e. The van der Waals surface area contributed by atoms with E-state index >= 15 is 0 Å². The predicted octanol–water partition coefficient (Wildman–Crippen LogP) is 5.39. The molecule has 1 N–H and O–H groups in total. The number of aromatic nitrogens is 5. The highest BCUT2D eigenvalue weighted by Gasteiger charge is 2.40. The molecule has 0 saturated heterocycles. The molecule has 0 spiro atoms. The van der Waals surface area contributed by atoms with Gasteiger partial charge in [0.15, 0.2) is 0 Å². The smallest absolute Gasteiger partial charge is 0.406 e. The van der Waals surface area contributed by atoms with E-state index in [4.69, 9.17) is 9.47 Å². The highest BCUT2D eigenvalue weighted by atomic mass is 19.4. The Labute approximate surface area is 252 Å². The van der Waals surface area contributed by atoms with E-state index in [9.17, 15) is 36.4 Å². The van der Waals surface area contributed by atoms with Gasteiger partial charge < -0.3 is 19.7 Å². The first-order valence-corrected chi connectivity index (χ1v) is 13.0. The van der Waals surface area contributed by atoms with Gasteiger partial charge in [0.1, 0.15) is 49.4 Å². The lowest BCUT2D eigenvalue weighted by atomic mass is 10.1. The minimum atomic E-state index is -5.04. The minimum Gasteiger partial charge on any atom is -0.495 e. The van der Waals surface area contributed by atoms with Gasteiger partial charge in [-0.3, -0.25) is 4.79 Å². The molecule has 11 nitrogen and oxygen atoms in total. The van der Waals surface area contributed by atoms with Gasteiger partial charge in [-0.25, -0.2) is 19.6 Å². The van der Waals surface area contributed by atoms with Crippen LogP contribution in [0.25, 0.3) is 11.1 Å². The number of carbonyl (C=O) groups is 1. The summed E-state index contributed by atoms with van der Waals surface area (Å²) in [5.74, 6) is -1.12. The number of nitriles is 1. The van der Waals surface area contributed by atoms with Gasteiger partial charge in [-0.05, 0) is 42.8 Å².